The Bertz CT molecular complexity index is 634. The summed E-state index contributed by atoms with van der Waals surface area (Å²) >= 11 is 0. The van der Waals surface area contributed by atoms with Crippen LogP contribution >= 0.6 is 0 Å². The molecule has 0 bridgehead atoms. The van der Waals surface area contributed by atoms with E-state index < -0.39 is 6.17 Å². The van der Waals surface area contributed by atoms with Gasteiger partial charge in [-0.1, -0.05) is 0 Å². The van der Waals surface area contributed by atoms with E-state index in [2.05, 4.69) is 9.97 Å². The predicted molar refractivity (Wildman–Crippen MR) is 80.3 cm³/mol. The van der Waals surface area contributed by atoms with Crippen molar-refractivity contribution in [3.63, 3.8) is 0 Å². The summed E-state index contributed by atoms with van der Waals surface area (Å²) in [7, 11) is 0. The van der Waals surface area contributed by atoms with Crippen LogP contribution < -0.4 is 4.90 Å². The highest BCUT2D eigenvalue weighted by atomic mass is 19.1. The molecule has 2 saturated heterocycles. The van der Waals surface area contributed by atoms with Crippen LogP contribution in [-0.4, -0.2) is 52.5 Å². The Labute approximate surface area is 133 Å². The first-order valence-electron chi connectivity index (χ1n) is 8.05. The Hall–Kier alpha value is -2.05. The minimum atomic E-state index is -0.817. The predicted octanol–water partition coefficient (Wildman–Crippen LogP) is 1.18. The van der Waals surface area contributed by atoms with Gasteiger partial charge >= 0.3 is 0 Å². The zero-order valence-corrected chi connectivity index (χ0v) is 12.8. The number of amides is 2. The maximum atomic E-state index is 13.0. The largest absolute Gasteiger partial charge is 0.342 e. The van der Waals surface area contributed by atoms with E-state index in [1.165, 1.54) is 6.33 Å². The van der Waals surface area contributed by atoms with Gasteiger partial charge in [-0.2, -0.15) is 0 Å². The molecule has 0 N–H and O–H groups in total. The van der Waals surface area contributed by atoms with Crippen LogP contribution in [0, 0.1) is 11.3 Å². The number of carbonyl (C=O) groups excluding carboxylic acids is 2. The smallest absolute Gasteiger partial charge is 0.227 e. The SMILES string of the molecule is O=C(C1CC(F)C1)N1CC[C@@]2(CC(=O)N(c3cncnc3)C2)C1. The van der Waals surface area contributed by atoms with Crippen LogP contribution in [0.2, 0.25) is 0 Å². The number of aromatic nitrogens is 2. The highest BCUT2D eigenvalue weighted by Crippen LogP contribution is 2.43. The molecule has 0 aromatic carbocycles. The average Bonchev–Trinajstić information content (AvgIpc) is 3.08. The maximum absolute atomic E-state index is 13.0. The number of halogens is 1. The van der Waals surface area contributed by atoms with Gasteiger partial charge in [0.15, 0.2) is 0 Å². The minimum absolute atomic E-state index is 0.0570. The van der Waals surface area contributed by atoms with Gasteiger partial charge in [0.25, 0.3) is 0 Å². The summed E-state index contributed by atoms with van der Waals surface area (Å²) in [6.45, 7) is 1.85. The second kappa shape index (κ2) is 5.25. The summed E-state index contributed by atoms with van der Waals surface area (Å²) < 4.78 is 13.0. The lowest BCUT2D eigenvalue weighted by Crippen LogP contribution is -2.42. The monoisotopic (exact) mass is 318 g/mol. The zero-order chi connectivity index (χ0) is 16.0. The zero-order valence-electron chi connectivity index (χ0n) is 12.8. The molecule has 0 radical (unpaired) electrons. The standard InChI is InChI=1S/C16H19FN4O2/c17-12-3-11(4-12)15(23)20-2-1-16(8-20)5-14(22)21(9-16)13-6-18-10-19-7-13/h6-7,10-12H,1-5,8-9H2/t11?,12?,16-/m1/s1. The van der Waals surface area contributed by atoms with Crippen LogP contribution in [0.25, 0.3) is 0 Å². The van der Waals surface area contributed by atoms with Crippen LogP contribution in [-0.2, 0) is 9.59 Å². The number of nitrogens with zero attached hydrogens (tertiary/aromatic N) is 4. The van der Waals surface area contributed by atoms with Crippen LogP contribution in [0.5, 0.6) is 0 Å². The van der Waals surface area contributed by atoms with Crippen LogP contribution in [0.1, 0.15) is 25.7 Å². The van der Waals surface area contributed by atoms with Crippen molar-refractivity contribution in [2.45, 2.75) is 31.9 Å². The van der Waals surface area contributed by atoms with Crippen LogP contribution in [0.3, 0.4) is 0 Å². The summed E-state index contributed by atoms with van der Waals surface area (Å²) in [5.74, 6) is -0.0397. The van der Waals surface area contributed by atoms with Crippen molar-refractivity contribution in [1.29, 1.82) is 0 Å². The third-order valence-corrected chi connectivity index (χ3v) is 5.36. The highest BCUT2D eigenvalue weighted by molar-refractivity contribution is 5.96. The molecule has 1 aromatic rings. The molecule has 3 heterocycles. The normalized spacial score (nSPS) is 33.3. The van der Waals surface area contributed by atoms with E-state index >= 15 is 0 Å². The molecular formula is C16H19FN4O2. The van der Waals surface area contributed by atoms with Gasteiger partial charge in [-0.3, -0.25) is 9.59 Å². The molecule has 7 heteroatoms. The van der Waals surface area contributed by atoms with Gasteiger partial charge in [-0.05, 0) is 19.3 Å². The lowest BCUT2D eigenvalue weighted by molar-refractivity contribution is -0.139. The van der Waals surface area contributed by atoms with Crippen LogP contribution in [0.15, 0.2) is 18.7 Å². The van der Waals surface area contributed by atoms with Gasteiger partial charge < -0.3 is 9.80 Å². The Morgan fingerprint density at radius 3 is 2.70 bits per heavy atom. The Morgan fingerprint density at radius 2 is 2.00 bits per heavy atom. The van der Waals surface area contributed by atoms with Crippen molar-refractivity contribution in [3.8, 4) is 0 Å². The first-order chi connectivity index (χ1) is 11.1. The van der Waals surface area contributed by atoms with E-state index in [9.17, 15) is 14.0 Å². The average molecular weight is 318 g/mol. The topological polar surface area (TPSA) is 66.4 Å². The van der Waals surface area contributed by atoms with Crippen molar-refractivity contribution in [2.75, 3.05) is 24.5 Å². The summed E-state index contributed by atoms with van der Waals surface area (Å²) in [5.41, 5.74) is 0.528. The first kappa shape index (κ1) is 14.5. The van der Waals surface area contributed by atoms with Gasteiger partial charge in [0.05, 0.1) is 18.1 Å². The lowest BCUT2D eigenvalue weighted by Gasteiger charge is -2.32. The molecular weight excluding hydrogens is 299 g/mol. The second-order valence-electron chi connectivity index (χ2n) is 7.03. The summed E-state index contributed by atoms with van der Waals surface area (Å²) in [6.07, 6.45) is 5.87. The number of rotatable bonds is 2. The number of alkyl halides is 1. The van der Waals surface area contributed by atoms with Gasteiger partial charge in [-0.25, -0.2) is 14.4 Å². The minimum Gasteiger partial charge on any atom is -0.342 e. The molecule has 23 heavy (non-hydrogen) atoms. The molecule has 2 aliphatic heterocycles. The van der Waals surface area contributed by atoms with Crippen molar-refractivity contribution in [3.05, 3.63) is 18.7 Å². The van der Waals surface area contributed by atoms with Crippen molar-refractivity contribution in [2.24, 2.45) is 11.3 Å². The molecule has 2 amide bonds. The Morgan fingerprint density at radius 1 is 1.26 bits per heavy atom. The fraction of sp³-hybridized carbons (Fsp3) is 0.625. The summed E-state index contributed by atoms with van der Waals surface area (Å²) in [5, 5.41) is 0. The summed E-state index contributed by atoms with van der Waals surface area (Å²) in [4.78, 5) is 36.2. The molecule has 3 aliphatic rings. The number of carbonyl (C=O) groups is 2. The molecule has 1 aromatic heterocycles. The molecule has 1 spiro atoms. The molecule has 3 fully saturated rings. The molecule has 122 valence electrons. The van der Waals surface area contributed by atoms with E-state index in [1.807, 2.05) is 4.90 Å². The van der Waals surface area contributed by atoms with Gasteiger partial charge in [0, 0.05) is 37.4 Å². The number of hydrogen-bond acceptors (Lipinski definition) is 4. The molecule has 0 unspecified atom stereocenters. The Kier molecular flexibility index (Phi) is 3.32. The van der Waals surface area contributed by atoms with E-state index in [0.29, 0.717) is 44.6 Å². The van der Waals surface area contributed by atoms with Crippen LogP contribution in [0.4, 0.5) is 10.1 Å². The second-order valence-corrected chi connectivity index (χ2v) is 7.03. The third-order valence-electron chi connectivity index (χ3n) is 5.36. The van der Waals surface area contributed by atoms with E-state index in [0.717, 1.165) is 6.42 Å². The van der Waals surface area contributed by atoms with Crippen molar-refractivity contribution >= 4 is 17.5 Å². The quantitative estimate of drug-likeness (QED) is 0.821. The number of hydrogen-bond donors (Lipinski definition) is 0. The highest BCUT2D eigenvalue weighted by Gasteiger charge is 2.50. The van der Waals surface area contributed by atoms with E-state index in [4.69, 9.17) is 0 Å². The Balaban J connectivity index is 1.44. The molecule has 4 rings (SSSR count). The molecule has 1 atom stereocenters. The fourth-order valence-electron chi connectivity index (χ4n) is 3.97. The van der Waals surface area contributed by atoms with E-state index in [-0.39, 0.29) is 23.1 Å². The van der Waals surface area contributed by atoms with E-state index in [1.54, 1.807) is 17.3 Å². The molecule has 1 saturated carbocycles. The molecule has 6 nitrogen and oxygen atoms in total. The third kappa shape index (κ3) is 2.48. The van der Waals surface area contributed by atoms with Crippen molar-refractivity contribution < 1.29 is 14.0 Å². The van der Waals surface area contributed by atoms with Gasteiger partial charge in [0.2, 0.25) is 11.8 Å². The maximum Gasteiger partial charge on any atom is 0.227 e. The van der Waals surface area contributed by atoms with Gasteiger partial charge in [0.1, 0.15) is 12.5 Å². The van der Waals surface area contributed by atoms with Gasteiger partial charge in [-0.15, -0.1) is 0 Å². The number of likely N-dealkylation sites (tertiary alicyclic amines) is 1. The fourth-order valence-corrected chi connectivity index (χ4v) is 3.97. The molecule has 1 aliphatic carbocycles. The number of anilines is 1. The summed E-state index contributed by atoms with van der Waals surface area (Å²) in [6, 6.07) is 0. The lowest BCUT2D eigenvalue weighted by atomic mass is 9.82. The van der Waals surface area contributed by atoms with Crippen molar-refractivity contribution in [1.82, 2.24) is 14.9 Å². The first-order valence-corrected chi connectivity index (χ1v) is 8.05.